The van der Waals surface area contributed by atoms with Crippen molar-refractivity contribution in [3.05, 3.63) is 0 Å². The zero-order valence-electron chi connectivity index (χ0n) is 6.27. The predicted molar refractivity (Wildman–Crippen MR) is 38.6 cm³/mol. The van der Waals surface area contributed by atoms with Gasteiger partial charge in [-0.15, -0.1) is 0 Å². The summed E-state index contributed by atoms with van der Waals surface area (Å²) in [5.74, 6) is 0. The Hall–Kier alpha value is -0.0400. The van der Waals surface area contributed by atoms with E-state index in [1.165, 1.54) is 32.1 Å². The predicted octanol–water partition coefficient (Wildman–Crippen LogP) is 1.70. The topological polar surface area (TPSA) is 20.2 Å². The van der Waals surface area contributed by atoms with Crippen LogP contribution < -0.4 is 0 Å². The van der Waals surface area contributed by atoms with Gasteiger partial charge in [-0.1, -0.05) is 0 Å². The molecule has 2 spiro atoms. The maximum atomic E-state index is 9.59. The highest BCUT2D eigenvalue weighted by Crippen LogP contribution is 2.77. The van der Waals surface area contributed by atoms with Gasteiger partial charge in [0.25, 0.3) is 0 Å². The Balaban J connectivity index is 1.91. The minimum absolute atomic E-state index is 0.0868. The number of aliphatic hydroxyl groups is 1. The van der Waals surface area contributed by atoms with Crippen LogP contribution in [0.2, 0.25) is 0 Å². The molecule has 3 fully saturated rings. The third-order valence-electron chi connectivity index (χ3n) is 4.46. The van der Waals surface area contributed by atoms with Crippen molar-refractivity contribution in [1.29, 1.82) is 0 Å². The van der Waals surface area contributed by atoms with Gasteiger partial charge in [-0.2, -0.15) is 0 Å². The number of fused-ring (bicyclic) bond motifs is 1. The van der Waals surface area contributed by atoms with E-state index in [1.807, 2.05) is 0 Å². The Morgan fingerprint density at radius 1 is 1.00 bits per heavy atom. The molecule has 3 saturated carbocycles. The summed E-state index contributed by atoms with van der Waals surface area (Å²) in [5, 5.41) is 9.59. The lowest BCUT2D eigenvalue weighted by Gasteiger charge is -2.60. The van der Waals surface area contributed by atoms with Crippen LogP contribution in [0.1, 0.15) is 38.5 Å². The van der Waals surface area contributed by atoms with Crippen LogP contribution in [0.25, 0.3) is 0 Å². The first-order chi connectivity index (χ1) is 4.79. The van der Waals surface area contributed by atoms with Crippen LogP contribution in [-0.4, -0.2) is 11.2 Å². The average molecular weight is 138 g/mol. The molecule has 3 aliphatic carbocycles. The summed E-state index contributed by atoms with van der Waals surface area (Å²) in [6.07, 6.45) is 8.09. The van der Waals surface area contributed by atoms with Gasteiger partial charge in [0, 0.05) is 5.41 Å². The second-order valence-electron chi connectivity index (χ2n) is 4.49. The van der Waals surface area contributed by atoms with Crippen LogP contribution in [0.3, 0.4) is 0 Å². The van der Waals surface area contributed by atoms with Gasteiger partial charge in [-0.05, 0) is 43.9 Å². The molecule has 10 heavy (non-hydrogen) atoms. The van der Waals surface area contributed by atoms with Gasteiger partial charge >= 0.3 is 0 Å². The molecule has 1 nitrogen and oxygen atoms in total. The minimum Gasteiger partial charge on any atom is -0.393 e. The Kier molecular flexibility index (Phi) is 0.722. The van der Waals surface area contributed by atoms with Crippen molar-refractivity contribution < 1.29 is 5.11 Å². The Morgan fingerprint density at radius 2 is 1.70 bits per heavy atom. The van der Waals surface area contributed by atoms with Crippen LogP contribution >= 0.6 is 0 Å². The molecule has 2 atom stereocenters. The molecule has 0 aromatic rings. The van der Waals surface area contributed by atoms with Crippen molar-refractivity contribution in [2.24, 2.45) is 10.8 Å². The second kappa shape index (κ2) is 1.29. The second-order valence-corrected chi connectivity index (χ2v) is 4.49. The van der Waals surface area contributed by atoms with Gasteiger partial charge in [-0.25, -0.2) is 0 Å². The summed E-state index contributed by atoms with van der Waals surface area (Å²) < 4.78 is 0. The molecule has 1 heteroatoms. The van der Waals surface area contributed by atoms with Gasteiger partial charge in [0.05, 0.1) is 6.10 Å². The third-order valence-corrected chi connectivity index (χ3v) is 4.46. The molecule has 0 saturated heterocycles. The maximum Gasteiger partial charge on any atom is 0.0602 e. The van der Waals surface area contributed by atoms with E-state index in [-0.39, 0.29) is 6.10 Å². The van der Waals surface area contributed by atoms with Crippen LogP contribution in [0, 0.1) is 10.8 Å². The molecule has 3 aliphatic rings. The maximum absolute atomic E-state index is 9.59. The SMILES string of the molecule is O[C@H]1CC[C@]12CCC21CC1. The number of aliphatic hydroxyl groups excluding tert-OH is 1. The molecular weight excluding hydrogens is 124 g/mol. The summed E-state index contributed by atoms with van der Waals surface area (Å²) >= 11 is 0. The Morgan fingerprint density at radius 3 is 1.80 bits per heavy atom. The fourth-order valence-electron chi connectivity index (χ4n) is 3.23. The van der Waals surface area contributed by atoms with Gasteiger partial charge in [-0.3, -0.25) is 0 Å². The third kappa shape index (κ3) is 0.355. The van der Waals surface area contributed by atoms with Crippen molar-refractivity contribution in [2.75, 3.05) is 0 Å². The van der Waals surface area contributed by atoms with Gasteiger partial charge in [0.2, 0.25) is 0 Å². The van der Waals surface area contributed by atoms with Gasteiger partial charge in [0.15, 0.2) is 0 Å². The molecule has 3 rings (SSSR count). The van der Waals surface area contributed by atoms with Crippen LogP contribution in [0.4, 0.5) is 0 Å². The first-order valence-electron chi connectivity index (χ1n) is 4.47. The number of rotatable bonds is 0. The van der Waals surface area contributed by atoms with E-state index in [4.69, 9.17) is 0 Å². The first kappa shape index (κ1) is 5.59. The van der Waals surface area contributed by atoms with Gasteiger partial charge < -0.3 is 5.11 Å². The highest BCUT2D eigenvalue weighted by molar-refractivity contribution is 5.20. The fraction of sp³-hybridized carbons (Fsp3) is 1.00. The van der Waals surface area contributed by atoms with Crippen molar-refractivity contribution in [3.63, 3.8) is 0 Å². The summed E-state index contributed by atoms with van der Waals surface area (Å²) in [6.45, 7) is 0. The lowest BCUT2D eigenvalue weighted by atomic mass is 9.46. The lowest BCUT2D eigenvalue weighted by molar-refractivity contribution is -0.175. The average Bonchev–Trinajstić information content (AvgIpc) is 2.62. The Bertz CT molecular complexity index is 179. The molecule has 0 aromatic carbocycles. The molecule has 1 N–H and O–H groups in total. The first-order valence-corrected chi connectivity index (χ1v) is 4.47. The van der Waals surface area contributed by atoms with Crippen LogP contribution in [0.15, 0.2) is 0 Å². The van der Waals surface area contributed by atoms with E-state index >= 15 is 0 Å². The van der Waals surface area contributed by atoms with Crippen molar-refractivity contribution >= 4 is 0 Å². The van der Waals surface area contributed by atoms with E-state index in [1.54, 1.807) is 0 Å². The monoisotopic (exact) mass is 138 g/mol. The molecular formula is C9H14O. The largest absolute Gasteiger partial charge is 0.393 e. The zero-order chi connectivity index (χ0) is 6.82. The summed E-state index contributed by atoms with van der Waals surface area (Å²) in [5.41, 5.74) is 1.15. The number of hydrogen-bond acceptors (Lipinski definition) is 1. The molecule has 0 radical (unpaired) electrons. The molecule has 0 aliphatic heterocycles. The Labute approximate surface area is 61.4 Å². The highest BCUT2D eigenvalue weighted by atomic mass is 16.3. The van der Waals surface area contributed by atoms with E-state index < -0.39 is 0 Å². The summed E-state index contributed by atoms with van der Waals surface area (Å²) in [7, 11) is 0. The smallest absolute Gasteiger partial charge is 0.0602 e. The normalized spacial score (nSPS) is 54.3. The quantitative estimate of drug-likeness (QED) is 0.540. The fourth-order valence-corrected chi connectivity index (χ4v) is 3.23. The summed E-state index contributed by atoms with van der Waals surface area (Å²) in [4.78, 5) is 0. The minimum atomic E-state index is 0.0868. The van der Waals surface area contributed by atoms with Gasteiger partial charge in [0.1, 0.15) is 0 Å². The molecule has 0 bridgehead atoms. The van der Waals surface area contributed by atoms with Crippen molar-refractivity contribution in [1.82, 2.24) is 0 Å². The van der Waals surface area contributed by atoms with Crippen LogP contribution in [-0.2, 0) is 0 Å². The molecule has 0 heterocycles. The lowest BCUT2D eigenvalue weighted by Crippen LogP contribution is -2.57. The molecule has 0 aromatic heterocycles. The summed E-state index contributed by atoms with van der Waals surface area (Å²) in [6, 6.07) is 0. The van der Waals surface area contributed by atoms with Crippen LogP contribution in [0.5, 0.6) is 0 Å². The molecule has 0 unspecified atom stereocenters. The van der Waals surface area contributed by atoms with Crippen molar-refractivity contribution in [2.45, 2.75) is 44.6 Å². The van der Waals surface area contributed by atoms with E-state index in [0.29, 0.717) is 10.8 Å². The highest BCUT2D eigenvalue weighted by Gasteiger charge is 2.70. The van der Waals surface area contributed by atoms with E-state index in [0.717, 1.165) is 6.42 Å². The van der Waals surface area contributed by atoms with Crippen molar-refractivity contribution in [3.8, 4) is 0 Å². The molecule has 0 amide bonds. The zero-order valence-corrected chi connectivity index (χ0v) is 6.27. The molecule has 56 valence electrons. The van der Waals surface area contributed by atoms with E-state index in [9.17, 15) is 5.11 Å². The van der Waals surface area contributed by atoms with E-state index in [2.05, 4.69) is 0 Å². The standard InChI is InChI=1S/C9H14O/c10-7-1-2-9(7)6-5-8(9)3-4-8/h7,10H,1-6H2/t7-,9-/m0/s1. The number of hydrogen-bond donors (Lipinski definition) is 1.